The number of rotatable bonds is 8. The number of hydrogen-bond acceptors (Lipinski definition) is 3. The van der Waals surface area contributed by atoms with Crippen molar-refractivity contribution in [3.63, 3.8) is 0 Å². The van der Waals surface area contributed by atoms with Gasteiger partial charge < -0.3 is 10.6 Å². The maximum atomic E-state index is 12.0. The van der Waals surface area contributed by atoms with Gasteiger partial charge in [0.05, 0.1) is 0 Å². The molecule has 1 aliphatic rings. The van der Waals surface area contributed by atoms with Crippen LogP contribution in [0.2, 0.25) is 0 Å². The molecule has 2 rings (SSSR count). The standard InChI is InChI=1S/C18H29N3O.2ClH/c1-3-21(4-2)14-16-8-5-7-15(11-16)13-20-18(22)12-17-9-6-10-19-17;;/h5,7-8,11,17,19H,3-4,6,9-10,12-14H2,1-2H3,(H,20,22);2*1H. The molecule has 1 aromatic carbocycles. The van der Waals surface area contributed by atoms with Crippen molar-refractivity contribution in [3.8, 4) is 0 Å². The molecule has 1 aromatic rings. The Bertz CT molecular complexity index is 475. The number of benzene rings is 1. The normalized spacial score (nSPS) is 16.4. The number of carbonyl (C=O) groups excluding carboxylic acids is 1. The molecule has 4 nitrogen and oxygen atoms in total. The van der Waals surface area contributed by atoms with Gasteiger partial charge in [0, 0.05) is 25.6 Å². The van der Waals surface area contributed by atoms with Gasteiger partial charge in [0.25, 0.3) is 0 Å². The number of amides is 1. The van der Waals surface area contributed by atoms with Crippen molar-refractivity contribution in [1.82, 2.24) is 15.5 Å². The van der Waals surface area contributed by atoms with Crippen molar-refractivity contribution in [3.05, 3.63) is 35.4 Å². The minimum atomic E-state index is 0. The van der Waals surface area contributed by atoms with E-state index in [1.54, 1.807) is 0 Å². The number of nitrogens with zero attached hydrogens (tertiary/aromatic N) is 1. The third-order valence-corrected chi connectivity index (χ3v) is 4.38. The summed E-state index contributed by atoms with van der Waals surface area (Å²) in [4.78, 5) is 14.4. The van der Waals surface area contributed by atoms with Crippen LogP contribution in [0.1, 0.15) is 44.2 Å². The fourth-order valence-corrected chi connectivity index (χ4v) is 2.97. The molecule has 0 bridgehead atoms. The van der Waals surface area contributed by atoms with Gasteiger partial charge >= 0.3 is 0 Å². The number of hydrogen-bond donors (Lipinski definition) is 2. The zero-order valence-corrected chi connectivity index (χ0v) is 16.3. The molecule has 1 unspecified atom stereocenters. The molecule has 0 aliphatic carbocycles. The average molecular weight is 376 g/mol. The molecule has 24 heavy (non-hydrogen) atoms. The summed E-state index contributed by atoms with van der Waals surface area (Å²) in [5, 5.41) is 6.40. The van der Waals surface area contributed by atoms with Crippen LogP contribution >= 0.6 is 24.8 Å². The van der Waals surface area contributed by atoms with E-state index in [1.165, 1.54) is 17.5 Å². The van der Waals surface area contributed by atoms with E-state index in [0.29, 0.717) is 19.0 Å². The molecule has 0 radical (unpaired) electrons. The van der Waals surface area contributed by atoms with Gasteiger partial charge in [0.1, 0.15) is 0 Å². The van der Waals surface area contributed by atoms with Crippen LogP contribution in [-0.2, 0) is 17.9 Å². The predicted molar refractivity (Wildman–Crippen MR) is 105 cm³/mol. The lowest BCUT2D eigenvalue weighted by atomic mass is 10.1. The van der Waals surface area contributed by atoms with Gasteiger partial charge in [-0.2, -0.15) is 0 Å². The lowest BCUT2D eigenvalue weighted by Crippen LogP contribution is -2.31. The van der Waals surface area contributed by atoms with Crippen LogP contribution in [0.15, 0.2) is 24.3 Å². The second-order valence-electron chi connectivity index (χ2n) is 6.06. The highest BCUT2D eigenvalue weighted by Gasteiger charge is 2.17. The Labute approximate surface area is 158 Å². The van der Waals surface area contributed by atoms with E-state index in [-0.39, 0.29) is 30.7 Å². The van der Waals surface area contributed by atoms with Crippen LogP contribution in [0.4, 0.5) is 0 Å². The van der Waals surface area contributed by atoms with Crippen LogP contribution < -0.4 is 10.6 Å². The predicted octanol–water partition coefficient (Wildman–Crippen LogP) is 3.13. The van der Waals surface area contributed by atoms with Gasteiger partial charge in [-0.05, 0) is 43.6 Å². The van der Waals surface area contributed by atoms with Crippen LogP contribution in [-0.4, -0.2) is 36.5 Å². The Morgan fingerprint density at radius 2 is 1.96 bits per heavy atom. The van der Waals surface area contributed by atoms with Gasteiger partial charge in [0.15, 0.2) is 0 Å². The summed E-state index contributed by atoms with van der Waals surface area (Å²) < 4.78 is 0. The Morgan fingerprint density at radius 3 is 2.58 bits per heavy atom. The lowest BCUT2D eigenvalue weighted by molar-refractivity contribution is -0.121. The molecule has 1 amide bonds. The van der Waals surface area contributed by atoms with Crippen molar-refractivity contribution < 1.29 is 4.79 Å². The van der Waals surface area contributed by atoms with Gasteiger partial charge in [0.2, 0.25) is 5.91 Å². The highest BCUT2D eigenvalue weighted by Crippen LogP contribution is 2.10. The molecule has 1 saturated heterocycles. The zero-order valence-electron chi connectivity index (χ0n) is 14.7. The fraction of sp³-hybridized carbons (Fsp3) is 0.611. The third-order valence-electron chi connectivity index (χ3n) is 4.38. The third kappa shape index (κ3) is 7.84. The molecule has 0 aromatic heterocycles. The molecule has 0 spiro atoms. The number of halogens is 2. The first kappa shape index (κ1) is 23.2. The SMILES string of the molecule is CCN(CC)Cc1cccc(CNC(=O)CC2CCCN2)c1.Cl.Cl. The van der Waals surface area contributed by atoms with Crippen molar-refractivity contribution >= 4 is 30.7 Å². The van der Waals surface area contributed by atoms with Gasteiger partial charge in [-0.3, -0.25) is 9.69 Å². The fourth-order valence-electron chi connectivity index (χ4n) is 2.97. The molecule has 0 saturated carbocycles. The summed E-state index contributed by atoms with van der Waals surface area (Å²) >= 11 is 0. The molecule has 2 N–H and O–H groups in total. The summed E-state index contributed by atoms with van der Waals surface area (Å²) in [6.07, 6.45) is 2.90. The summed E-state index contributed by atoms with van der Waals surface area (Å²) in [5.41, 5.74) is 2.49. The molecule has 1 atom stereocenters. The lowest BCUT2D eigenvalue weighted by Gasteiger charge is -2.18. The molecule has 1 fully saturated rings. The van der Waals surface area contributed by atoms with Crippen LogP contribution in [0, 0.1) is 0 Å². The Kier molecular flexibility index (Phi) is 12.1. The number of carbonyl (C=O) groups is 1. The molecule has 1 aliphatic heterocycles. The van der Waals surface area contributed by atoms with E-state index in [9.17, 15) is 4.79 Å². The highest BCUT2D eigenvalue weighted by atomic mass is 35.5. The monoisotopic (exact) mass is 375 g/mol. The number of nitrogens with one attached hydrogen (secondary N) is 2. The van der Waals surface area contributed by atoms with E-state index in [2.05, 4.69) is 53.6 Å². The smallest absolute Gasteiger partial charge is 0.221 e. The van der Waals surface area contributed by atoms with Crippen LogP contribution in [0.25, 0.3) is 0 Å². The summed E-state index contributed by atoms with van der Waals surface area (Å²) in [6, 6.07) is 8.89. The molecule has 1 heterocycles. The Morgan fingerprint density at radius 1 is 1.25 bits per heavy atom. The first-order valence-electron chi connectivity index (χ1n) is 8.51. The second kappa shape index (κ2) is 12.5. The maximum Gasteiger partial charge on any atom is 0.221 e. The first-order valence-corrected chi connectivity index (χ1v) is 8.51. The quantitative estimate of drug-likeness (QED) is 0.733. The van der Waals surface area contributed by atoms with Crippen molar-refractivity contribution in [2.45, 2.75) is 52.2 Å². The molecule has 138 valence electrons. The van der Waals surface area contributed by atoms with Gasteiger partial charge in [-0.15, -0.1) is 24.8 Å². The van der Waals surface area contributed by atoms with E-state index in [1.807, 2.05) is 0 Å². The summed E-state index contributed by atoms with van der Waals surface area (Å²) in [5.74, 6) is 0.147. The molecule has 6 heteroatoms. The van der Waals surface area contributed by atoms with E-state index in [0.717, 1.165) is 32.6 Å². The van der Waals surface area contributed by atoms with Crippen molar-refractivity contribution in [1.29, 1.82) is 0 Å². The first-order chi connectivity index (χ1) is 10.7. The average Bonchev–Trinajstić information content (AvgIpc) is 3.04. The minimum Gasteiger partial charge on any atom is -0.352 e. The Hall–Kier alpha value is -0.810. The van der Waals surface area contributed by atoms with Gasteiger partial charge in [-0.25, -0.2) is 0 Å². The Balaban J connectivity index is 0.00000264. The minimum absolute atomic E-state index is 0. The summed E-state index contributed by atoms with van der Waals surface area (Å²) in [7, 11) is 0. The maximum absolute atomic E-state index is 12.0. The van der Waals surface area contributed by atoms with Gasteiger partial charge in [-0.1, -0.05) is 38.1 Å². The second-order valence-corrected chi connectivity index (χ2v) is 6.06. The molecular formula is C18H31Cl2N3O. The highest BCUT2D eigenvalue weighted by molar-refractivity contribution is 5.85. The largest absolute Gasteiger partial charge is 0.352 e. The van der Waals surface area contributed by atoms with Crippen molar-refractivity contribution in [2.24, 2.45) is 0 Å². The topological polar surface area (TPSA) is 44.4 Å². The zero-order chi connectivity index (χ0) is 15.8. The van der Waals surface area contributed by atoms with E-state index in [4.69, 9.17) is 0 Å². The molecular weight excluding hydrogens is 345 g/mol. The van der Waals surface area contributed by atoms with E-state index < -0.39 is 0 Å². The van der Waals surface area contributed by atoms with E-state index >= 15 is 0 Å². The van der Waals surface area contributed by atoms with Crippen LogP contribution in [0.5, 0.6) is 0 Å². The van der Waals surface area contributed by atoms with Crippen molar-refractivity contribution in [2.75, 3.05) is 19.6 Å². The summed E-state index contributed by atoms with van der Waals surface area (Å²) in [6.45, 7) is 9.14. The van der Waals surface area contributed by atoms with Crippen LogP contribution in [0.3, 0.4) is 0 Å².